The van der Waals surface area contributed by atoms with Gasteiger partial charge in [-0.25, -0.2) is 8.42 Å². The Balaban J connectivity index is 2.07. The van der Waals surface area contributed by atoms with Crippen LogP contribution in [0.25, 0.3) is 0 Å². The fourth-order valence-corrected chi connectivity index (χ4v) is 5.38. The van der Waals surface area contributed by atoms with Gasteiger partial charge in [0.25, 0.3) is 0 Å². The quantitative estimate of drug-likeness (QED) is 0.769. The van der Waals surface area contributed by atoms with Crippen LogP contribution in [0, 0.1) is 0 Å². The number of aliphatic hydroxyl groups excluding tert-OH is 1. The molecule has 0 saturated carbocycles. The molecule has 0 aromatic rings. The van der Waals surface area contributed by atoms with Crippen LogP contribution in [0.15, 0.2) is 0 Å². The summed E-state index contributed by atoms with van der Waals surface area (Å²) in [6.07, 6.45) is 3.74. The van der Waals surface area contributed by atoms with Gasteiger partial charge < -0.3 is 10.4 Å². The highest BCUT2D eigenvalue weighted by Gasteiger charge is 2.43. The van der Waals surface area contributed by atoms with Crippen molar-refractivity contribution in [3.8, 4) is 0 Å². The maximum atomic E-state index is 11.7. The zero-order chi connectivity index (χ0) is 14.8. The Kier molecular flexibility index (Phi) is 5.45. The molecule has 2 saturated heterocycles. The third-order valence-electron chi connectivity index (χ3n) is 4.61. The van der Waals surface area contributed by atoms with E-state index >= 15 is 0 Å². The van der Waals surface area contributed by atoms with Gasteiger partial charge in [0.15, 0.2) is 9.84 Å². The third-order valence-corrected chi connectivity index (χ3v) is 6.30. The normalized spacial score (nSPS) is 36.0. The molecule has 2 heterocycles. The van der Waals surface area contributed by atoms with E-state index in [4.69, 9.17) is 0 Å². The molecular weight excluding hydrogens is 276 g/mol. The minimum absolute atomic E-state index is 0.0718. The highest BCUT2D eigenvalue weighted by atomic mass is 32.2. The number of piperidine rings is 1. The molecule has 0 amide bonds. The van der Waals surface area contributed by atoms with Crippen LogP contribution in [0.4, 0.5) is 0 Å². The summed E-state index contributed by atoms with van der Waals surface area (Å²) in [4.78, 5) is 2.26. The van der Waals surface area contributed by atoms with Gasteiger partial charge >= 0.3 is 0 Å². The number of aliphatic hydroxyl groups is 1. The fourth-order valence-electron chi connectivity index (χ4n) is 3.56. The van der Waals surface area contributed by atoms with Crippen LogP contribution in [0.5, 0.6) is 0 Å². The zero-order valence-corrected chi connectivity index (χ0v) is 13.4. The first-order chi connectivity index (χ1) is 9.44. The Morgan fingerprint density at radius 2 is 2.10 bits per heavy atom. The fraction of sp³-hybridized carbons (Fsp3) is 1.00. The van der Waals surface area contributed by atoms with Crippen LogP contribution >= 0.6 is 0 Å². The van der Waals surface area contributed by atoms with Crippen molar-refractivity contribution >= 4 is 9.84 Å². The predicted octanol–water partition coefficient (Wildman–Crippen LogP) is 0.387. The Hall–Kier alpha value is -0.170. The molecule has 0 aliphatic carbocycles. The van der Waals surface area contributed by atoms with E-state index in [0.717, 1.165) is 32.4 Å². The van der Waals surface area contributed by atoms with E-state index in [1.54, 1.807) is 0 Å². The number of sulfone groups is 1. The lowest BCUT2D eigenvalue weighted by Crippen LogP contribution is -2.57. The molecule has 0 radical (unpaired) electrons. The van der Waals surface area contributed by atoms with Crippen LogP contribution in [-0.4, -0.2) is 67.2 Å². The van der Waals surface area contributed by atoms with Gasteiger partial charge in [0.2, 0.25) is 0 Å². The summed E-state index contributed by atoms with van der Waals surface area (Å²) in [6.45, 7) is 6.21. The van der Waals surface area contributed by atoms with Gasteiger partial charge in [0.05, 0.1) is 23.7 Å². The van der Waals surface area contributed by atoms with Crippen LogP contribution in [-0.2, 0) is 9.84 Å². The molecule has 0 bridgehead atoms. The molecule has 0 aromatic heterocycles. The van der Waals surface area contributed by atoms with Crippen molar-refractivity contribution in [2.24, 2.45) is 0 Å². The molecule has 4 unspecified atom stereocenters. The number of nitrogens with zero attached hydrogens (tertiary/aromatic N) is 1. The van der Waals surface area contributed by atoms with Crippen LogP contribution < -0.4 is 5.32 Å². The first-order valence-corrected chi connectivity index (χ1v) is 9.64. The highest BCUT2D eigenvalue weighted by Crippen LogP contribution is 2.27. The largest absolute Gasteiger partial charge is 0.390 e. The molecule has 2 N–H and O–H groups in total. The number of hydrogen-bond donors (Lipinski definition) is 2. The topological polar surface area (TPSA) is 69.6 Å². The van der Waals surface area contributed by atoms with Crippen LogP contribution in [0.3, 0.4) is 0 Å². The number of likely N-dealkylation sites (tertiary alicyclic amines) is 1. The SMILES string of the molecule is CCCNC(C)C1CCCCN1C1CS(=O)(=O)CC1O. The van der Waals surface area contributed by atoms with E-state index in [2.05, 4.69) is 24.1 Å². The second-order valence-electron chi connectivity index (χ2n) is 6.26. The molecular formula is C14H28N2O3S. The highest BCUT2D eigenvalue weighted by molar-refractivity contribution is 7.91. The van der Waals surface area contributed by atoms with Crippen molar-refractivity contribution in [3.63, 3.8) is 0 Å². The summed E-state index contributed by atoms with van der Waals surface area (Å²) in [5, 5.41) is 13.6. The minimum atomic E-state index is -3.07. The van der Waals surface area contributed by atoms with E-state index < -0.39 is 15.9 Å². The summed E-state index contributed by atoms with van der Waals surface area (Å²) in [7, 11) is -3.07. The van der Waals surface area contributed by atoms with Crippen molar-refractivity contribution in [2.45, 2.75) is 63.8 Å². The summed E-state index contributed by atoms with van der Waals surface area (Å²) < 4.78 is 23.5. The second kappa shape index (κ2) is 6.73. The van der Waals surface area contributed by atoms with Crippen molar-refractivity contribution in [2.75, 3.05) is 24.6 Å². The molecule has 20 heavy (non-hydrogen) atoms. The Labute approximate surface area is 122 Å². The number of hydrogen-bond acceptors (Lipinski definition) is 5. The molecule has 0 spiro atoms. The van der Waals surface area contributed by atoms with E-state index in [1.807, 2.05) is 0 Å². The lowest BCUT2D eigenvalue weighted by molar-refractivity contribution is 0.0228. The molecule has 2 aliphatic rings. The van der Waals surface area contributed by atoms with Crippen molar-refractivity contribution in [1.82, 2.24) is 10.2 Å². The molecule has 0 aromatic carbocycles. The Morgan fingerprint density at radius 1 is 1.35 bits per heavy atom. The van der Waals surface area contributed by atoms with Crippen molar-refractivity contribution in [1.29, 1.82) is 0 Å². The van der Waals surface area contributed by atoms with E-state index in [9.17, 15) is 13.5 Å². The molecule has 2 rings (SSSR count). The van der Waals surface area contributed by atoms with Gasteiger partial charge in [0, 0.05) is 12.1 Å². The van der Waals surface area contributed by atoms with Gasteiger partial charge in [-0.05, 0) is 39.3 Å². The van der Waals surface area contributed by atoms with Gasteiger partial charge in [-0.1, -0.05) is 13.3 Å². The van der Waals surface area contributed by atoms with Crippen molar-refractivity contribution in [3.05, 3.63) is 0 Å². The average molecular weight is 304 g/mol. The van der Waals surface area contributed by atoms with Gasteiger partial charge in [-0.15, -0.1) is 0 Å². The van der Waals surface area contributed by atoms with E-state index in [1.165, 1.54) is 6.42 Å². The van der Waals surface area contributed by atoms with Gasteiger partial charge in [-0.2, -0.15) is 0 Å². The minimum Gasteiger partial charge on any atom is -0.390 e. The number of nitrogens with one attached hydrogen (secondary N) is 1. The molecule has 118 valence electrons. The summed E-state index contributed by atoms with van der Waals surface area (Å²) in [5.74, 6) is 0.0445. The monoisotopic (exact) mass is 304 g/mol. The van der Waals surface area contributed by atoms with E-state index in [-0.39, 0.29) is 17.5 Å². The third kappa shape index (κ3) is 3.72. The standard InChI is InChI=1S/C14H28N2O3S/c1-3-7-15-11(2)12-6-4-5-8-16(12)13-9-20(18,19)10-14(13)17/h11-15,17H,3-10H2,1-2H3. The maximum absolute atomic E-state index is 11.7. The molecule has 5 nitrogen and oxygen atoms in total. The van der Waals surface area contributed by atoms with E-state index in [0.29, 0.717) is 12.1 Å². The van der Waals surface area contributed by atoms with Gasteiger partial charge in [0.1, 0.15) is 0 Å². The second-order valence-corrected chi connectivity index (χ2v) is 8.41. The maximum Gasteiger partial charge on any atom is 0.154 e. The summed E-state index contributed by atoms with van der Waals surface area (Å²) in [6, 6.07) is 0.463. The predicted molar refractivity (Wildman–Crippen MR) is 80.5 cm³/mol. The summed E-state index contributed by atoms with van der Waals surface area (Å²) in [5.41, 5.74) is 0. The smallest absolute Gasteiger partial charge is 0.154 e. The average Bonchev–Trinajstić information content (AvgIpc) is 2.69. The van der Waals surface area contributed by atoms with Crippen molar-refractivity contribution < 1.29 is 13.5 Å². The number of rotatable bonds is 5. The Morgan fingerprint density at radius 3 is 2.70 bits per heavy atom. The zero-order valence-electron chi connectivity index (χ0n) is 12.6. The lowest BCUT2D eigenvalue weighted by Gasteiger charge is -2.43. The molecule has 4 atom stereocenters. The molecule has 6 heteroatoms. The Bertz CT molecular complexity index is 413. The van der Waals surface area contributed by atoms with Crippen LogP contribution in [0.1, 0.15) is 39.5 Å². The summed E-state index contributed by atoms with van der Waals surface area (Å²) >= 11 is 0. The first kappa shape index (κ1) is 16.2. The molecule has 2 fully saturated rings. The van der Waals surface area contributed by atoms with Crippen LogP contribution in [0.2, 0.25) is 0 Å². The first-order valence-electron chi connectivity index (χ1n) is 7.82. The molecule has 2 aliphatic heterocycles. The lowest BCUT2D eigenvalue weighted by atomic mass is 9.93. The van der Waals surface area contributed by atoms with Gasteiger partial charge in [-0.3, -0.25) is 4.90 Å².